The lowest BCUT2D eigenvalue weighted by molar-refractivity contribution is -0.120. The lowest BCUT2D eigenvalue weighted by Crippen LogP contribution is -2.43. The molecule has 0 spiro atoms. The van der Waals surface area contributed by atoms with Crippen LogP contribution in [0.25, 0.3) is 0 Å². The number of nitrogens with one attached hydrogen (secondary N) is 1. The molecule has 0 bridgehead atoms. The smallest absolute Gasteiger partial charge is 0.246 e. The van der Waals surface area contributed by atoms with Crippen molar-refractivity contribution in [1.82, 2.24) is 4.31 Å². The van der Waals surface area contributed by atoms with E-state index < -0.39 is 15.9 Å². The minimum Gasteiger partial charge on any atom is -0.495 e. The Hall–Kier alpha value is -2.09. The molecule has 0 radical (unpaired) electrons. The van der Waals surface area contributed by atoms with Gasteiger partial charge in [0.05, 0.1) is 13.0 Å². The Morgan fingerprint density at radius 3 is 2.75 bits per heavy atom. The van der Waals surface area contributed by atoms with Crippen molar-refractivity contribution >= 4 is 33.2 Å². The van der Waals surface area contributed by atoms with Crippen molar-refractivity contribution in [3.05, 3.63) is 53.1 Å². The van der Waals surface area contributed by atoms with Gasteiger partial charge >= 0.3 is 0 Å². The van der Waals surface area contributed by atoms with Crippen molar-refractivity contribution in [2.24, 2.45) is 5.92 Å². The van der Waals surface area contributed by atoms with Gasteiger partial charge < -0.3 is 10.1 Å². The number of rotatable bonds is 5. The van der Waals surface area contributed by atoms with Crippen LogP contribution in [0, 0.1) is 12.8 Å². The minimum atomic E-state index is -3.77. The average molecular weight is 423 g/mol. The van der Waals surface area contributed by atoms with Crippen molar-refractivity contribution < 1.29 is 17.9 Å². The molecule has 1 fully saturated rings. The molecule has 0 aliphatic carbocycles. The zero-order valence-corrected chi connectivity index (χ0v) is 17.4. The fourth-order valence-corrected chi connectivity index (χ4v) is 5.26. The van der Waals surface area contributed by atoms with Crippen LogP contribution in [0.2, 0.25) is 5.02 Å². The normalized spacial score (nSPS) is 17.9. The fraction of sp³-hybridized carbons (Fsp3) is 0.350. The molecular weight excluding hydrogens is 400 g/mol. The van der Waals surface area contributed by atoms with Crippen LogP contribution in [0.3, 0.4) is 0 Å². The van der Waals surface area contributed by atoms with Gasteiger partial charge in [0, 0.05) is 23.8 Å². The van der Waals surface area contributed by atoms with E-state index in [9.17, 15) is 13.2 Å². The van der Waals surface area contributed by atoms with Gasteiger partial charge in [0.25, 0.3) is 0 Å². The Balaban J connectivity index is 1.79. The first-order chi connectivity index (χ1) is 13.3. The molecule has 2 aromatic rings. The lowest BCUT2D eigenvalue weighted by atomic mass is 9.99. The highest BCUT2D eigenvalue weighted by atomic mass is 35.5. The SMILES string of the molecule is COc1ccc(C)cc1S(=O)(=O)N1CCC[C@H](C(=O)Nc2cccc(Cl)c2)C1. The number of aryl methyl sites for hydroxylation is 1. The van der Waals surface area contributed by atoms with E-state index in [-0.39, 0.29) is 17.3 Å². The van der Waals surface area contributed by atoms with E-state index in [2.05, 4.69) is 5.32 Å². The Labute approximate surface area is 170 Å². The third-order valence-corrected chi connectivity index (χ3v) is 6.91. The lowest BCUT2D eigenvalue weighted by Gasteiger charge is -2.31. The monoisotopic (exact) mass is 422 g/mol. The molecule has 8 heteroatoms. The number of hydrogen-bond acceptors (Lipinski definition) is 4. The van der Waals surface area contributed by atoms with Crippen molar-refractivity contribution in [3.63, 3.8) is 0 Å². The van der Waals surface area contributed by atoms with Gasteiger partial charge in [-0.2, -0.15) is 4.31 Å². The molecule has 1 atom stereocenters. The van der Waals surface area contributed by atoms with Crippen LogP contribution in [0.5, 0.6) is 5.75 Å². The Kier molecular flexibility index (Phi) is 6.27. The number of hydrogen-bond donors (Lipinski definition) is 1. The summed E-state index contributed by atoms with van der Waals surface area (Å²) < 4.78 is 33.0. The highest BCUT2D eigenvalue weighted by molar-refractivity contribution is 7.89. The van der Waals surface area contributed by atoms with Gasteiger partial charge in [-0.3, -0.25) is 4.79 Å². The first kappa shape index (κ1) is 20.6. The van der Waals surface area contributed by atoms with Gasteiger partial charge in [-0.15, -0.1) is 0 Å². The summed E-state index contributed by atoms with van der Waals surface area (Å²) in [5.41, 5.74) is 1.42. The Morgan fingerprint density at radius 2 is 2.04 bits per heavy atom. The molecule has 6 nitrogen and oxygen atoms in total. The van der Waals surface area contributed by atoms with Crippen molar-refractivity contribution in [2.75, 3.05) is 25.5 Å². The van der Waals surface area contributed by atoms with Crippen LogP contribution in [0.1, 0.15) is 18.4 Å². The highest BCUT2D eigenvalue weighted by Crippen LogP contribution is 2.31. The van der Waals surface area contributed by atoms with Crippen LogP contribution in [-0.4, -0.2) is 38.8 Å². The molecule has 1 aliphatic rings. The first-order valence-corrected chi connectivity index (χ1v) is 10.8. The second-order valence-electron chi connectivity index (χ2n) is 6.86. The highest BCUT2D eigenvalue weighted by Gasteiger charge is 2.35. The molecule has 1 saturated heterocycles. The predicted molar refractivity (Wildman–Crippen MR) is 109 cm³/mol. The number of piperidine rings is 1. The van der Waals surface area contributed by atoms with Crippen LogP contribution < -0.4 is 10.1 Å². The maximum atomic E-state index is 13.2. The number of nitrogens with zero attached hydrogens (tertiary/aromatic N) is 1. The van der Waals surface area contributed by atoms with Gasteiger partial charge in [-0.1, -0.05) is 23.7 Å². The summed E-state index contributed by atoms with van der Waals surface area (Å²) in [6.45, 7) is 2.34. The number of halogens is 1. The second-order valence-corrected chi connectivity index (χ2v) is 9.20. The van der Waals surface area contributed by atoms with Crippen LogP contribution in [0.15, 0.2) is 47.4 Å². The summed E-state index contributed by atoms with van der Waals surface area (Å²) in [5, 5.41) is 3.35. The number of ether oxygens (including phenoxy) is 1. The zero-order chi connectivity index (χ0) is 20.3. The first-order valence-electron chi connectivity index (χ1n) is 9.02. The average Bonchev–Trinajstić information content (AvgIpc) is 2.68. The Bertz CT molecular complexity index is 978. The van der Waals surface area contributed by atoms with E-state index >= 15 is 0 Å². The third-order valence-electron chi connectivity index (χ3n) is 4.78. The number of carbonyl (C=O) groups is 1. The van der Waals surface area contributed by atoms with Gasteiger partial charge in [0.2, 0.25) is 15.9 Å². The predicted octanol–water partition coefficient (Wildman–Crippen LogP) is 3.70. The molecule has 0 unspecified atom stereocenters. The topological polar surface area (TPSA) is 75.7 Å². The molecule has 1 N–H and O–H groups in total. The molecule has 28 heavy (non-hydrogen) atoms. The quantitative estimate of drug-likeness (QED) is 0.797. The van der Waals surface area contributed by atoms with E-state index in [1.807, 2.05) is 6.92 Å². The number of methoxy groups -OCH3 is 1. The number of sulfonamides is 1. The molecule has 2 aromatic carbocycles. The number of amides is 1. The summed E-state index contributed by atoms with van der Waals surface area (Å²) >= 11 is 5.96. The molecule has 0 aromatic heterocycles. The fourth-order valence-electron chi connectivity index (χ4n) is 3.31. The van der Waals surface area contributed by atoms with Crippen LogP contribution >= 0.6 is 11.6 Å². The summed E-state index contributed by atoms with van der Waals surface area (Å²) in [4.78, 5) is 12.8. The maximum Gasteiger partial charge on any atom is 0.246 e. The van der Waals surface area contributed by atoms with Crippen molar-refractivity contribution in [1.29, 1.82) is 0 Å². The van der Waals surface area contributed by atoms with E-state index in [4.69, 9.17) is 16.3 Å². The molecular formula is C20H23ClN2O4S. The van der Waals surface area contributed by atoms with Crippen molar-refractivity contribution in [3.8, 4) is 5.75 Å². The van der Waals surface area contributed by atoms with E-state index in [0.29, 0.717) is 35.8 Å². The molecule has 1 heterocycles. The summed E-state index contributed by atoms with van der Waals surface area (Å²) in [6, 6.07) is 11.9. The third kappa shape index (κ3) is 4.48. The van der Waals surface area contributed by atoms with Gasteiger partial charge in [0.1, 0.15) is 10.6 Å². The largest absolute Gasteiger partial charge is 0.495 e. The summed E-state index contributed by atoms with van der Waals surface area (Å²) in [7, 11) is -2.32. The van der Waals surface area contributed by atoms with Crippen LogP contribution in [-0.2, 0) is 14.8 Å². The standard InChI is InChI=1S/C20H23ClN2O4S/c1-14-8-9-18(27-2)19(11-14)28(25,26)23-10-4-5-15(13-23)20(24)22-17-7-3-6-16(21)12-17/h3,6-9,11-12,15H,4-5,10,13H2,1-2H3,(H,22,24)/t15-/m0/s1. The minimum absolute atomic E-state index is 0.130. The summed E-state index contributed by atoms with van der Waals surface area (Å²) in [5.74, 6) is -0.340. The zero-order valence-electron chi connectivity index (χ0n) is 15.8. The molecule has 150 valence electrons. The van der Waals surface area contributed by atoms with Crippen LogP contribution in [0.4, 0.5) is 5.69 Å². The van der Waals surface area contributed by atoms with E-state index in [1.165, 1.54) is 11.4 Å². The number of anilines is 1. The van der Waals surface area contributed by atoms with E-state index in [0.717, 1.165) is 5.56 Å². The second kappa shape index (κ2) is 8.51. The molecule has 0 saturated carbocycles. The van der Waals surface area contributed by atoms with Crippen molar-refractivity contribution in [2.45, 2.75) is 24.7 Å². The van der Waals surface area contributed by atoms with Gasteiger partial charge in [-0.25, -0.2) is 8.42 Å². The molecule has 1 amide bonds. The molecule has 1 aliphatic heterocycles. The Morgan fingerprint density at radius 1 is 1.25 bits per heavy atom. The van der Waals surface area contributed by atoms with Gasteiger partial charge in [-0.05, 0) is 55.7 Å². The van der Waals surface area contributed by atoms with E-state index in [1.54, 1.807) is 42.5 Å². The number of benzene rings is 2. The maximum absolute atomic E-state index is 13.2. The van der Waals surface area contributed by atoms with Gasteiger partial charge in [0.15, 0.2) is 0 Å². The molecule has 3 rings (SSSR count). The number of carbonyl (C=O) groups excluding carboxylic acids is 1. The summed E-state index contributed by atoms with van der Waals surface area (Å²) in [6.07, 6.45) is 1.24.